The van der Waals surface area contributed by atoms with Crippen molar-refractivity contribution in [2.45, 2.75) is 52.7 Å². The lowest BCUT2D eigenvalue weighted by Gasteiger charge is -2.22. The van der Waals surface area contributed by atoms with Crippen molar-refractivity contribution in [2.24, 2.45) is 0 Å². The van der Waals surface area contributed by atoms with Crippen LogP contribution < -0.4 is 5.32 Å². The molecule has 146 valence electrons. The molecule has 0 bridgehead atoms. The highest BCUT2D eigenvalue weighted by atomic mass is 16.6. The molecule has 1 atom stereocenters. The number of nitrogens with zero attached hydrogens (tertiary/aromatic N) is 2. The summed E-state index contributed by atoms with van der Waals surface area (Å²) in [6.45, 7) is 8.75. The first-order valence-electron chi connectivity index (χ1n) is 8.54. The third-order valence-electron chi connectivity index (χ3n) is 3.93. The Morgan fingerprint density at radius 1 is 1.33 bits per heavy atom. The number of aromatic nitrogens is 2. The Morgan fingerprint density at radius 3 is 2.56 bits per heavy atom. The van der Waals surface area contributed by atoms with Gasteiger partial charge in [0.15, 0.2) is 11.6 Å². The van der Waals surface area contributed by atoms with Gasteiger partial charge in [-0.1, -0.05) is 0 Å². The van der Waals surface area contributed by atoms with Crippen LogP contribution in [0.25, 0.3) is 5.82 Å². The molecule has 0 aromatic carbocycles. The summed E-state index contributed by atoms with van der Waals surface area (Å²) in [6.07, 6.45) is 0.852. The van der Waals surface area contributed by atoms with Gasteiger partial charge in [0.25, 0.3) is 0 Å². The average Bonchev–Trinajstić information content (AvgIpc) is 2.79. The number of aliphatic carboxylic acids is 1. The highest BCUT2D eigenvalue weighted by Gasteiger charge is 2.26. The maximum atomic E-state index is 11.9. The molecule has 0 radical (unpaired) electrons. The van der Waals surface area contributed by atoms with Gasteiger partial charge in [0.05, 0.1) is 0 Å². The van der Waals surface area contributed by atoms with Crippen LogP contribution in [0.5, 0.6) is 5.75 Å². The Balaban J connectivity index is 2.27. The number of ether oxygens (including phenoxy) is 1. The van der Waals surface area contributed by atoms with Crippen molar-refractivity contribution in [2.75, 3.05) is 0 Å². The van der Waals surface area contributed by atoms with Gasteiger partial charge in [-0.15, -0.1) is 0 Å². The molecule has 0 saturated heterocycles. The molecular weight excluding hydrogens is 350 g/mol. The van der Waals surface area contributed by atoms with Crippen molar-refractivity contribution in [3.05, 3.63) is 41.3 Å². The molecule has 2 rings (SSSR count). The lowest BCUT2D eigenvalue weighted by Crippen LogP contribution is -2.44. The van der Waals surface area contributed by atoms with Gasteiger partial charge < -0.3 is 20.3 Å². The zero-order valence-electron chi connectivity index (χ0n) is 16.1. The van der Waals surface area contributed by atoms with E-state index in [1.807, 2.05) is 19.9 Å². The molecule has 2 heterocycles. The van der Waals surface area contributed by atoms with Crippen LogP contribution >= 0.6 is 0 Å². The number of hydrogen-bond donors (Lipinski definition) is 3. The van der Waals surface area contributed by atoms with Gasteiger partial charge in [-0.25, -0.2) is 14.6 Å². The van der Waals surface area contributed by atoms with Gasteiger partial charge in [0.2, 0.25) is 0 Å². The van der Waals surface area contributed by atoms with E-state index in [4.69, 9.17) is 4.74 Å². The van der Waals surface area contributed by atoms with Gasteiger partial charge in [-0.3, -0.25) is 4.57 Å². The van der Waals surface area contributed by atoms with Crippen molar-refractivity contribution < 1.29 is 24.5 Å². The number of aromatic hydroxyl groups is 1. The molecule has 0 saturated carbocycles. The number of aryl methyl sites for hydroxylation is 1. The van der Waals surface area contributed by atoms with E-state index in [1.54, 1.807) is 37.6 Å². The van der Waals surface area contributed by atoms with E-state index < -0.39 is 23.7 Å². The number of carbonyl (C=O) groups is 2. The summed E-state index contributed by atoms with van der Waals surface area (Å²) in [5, 5.41) is 21.9. The summed E-state index contributed by atoms with van der Waals surface area (Å²) in [5.41, 5.74) is 1.53. The van der Waals surface area contributed by atoms with Gasteiger partial charge in [0, 0.05) is 24.0 Å². The molecule has 2 aromatic rings. The molecule has 0 aliphatic carbocycles. The van der Waals surface area contributed by atoms with Gasteiger partial charge in [0.1, 0.15) is 11.6 Å². The number of pyridine rings is 1. The van der Waals surface area contributed by atoms with Crippen molar-refractivity contribution in [3.63, 3.8) is 0 Å². The standard InChI is InChI=1S/C19H25N3O5/c1-11-9-13(12(2)22(11)16-15(23)7-6-8-20-16)10-14(17(24)25)21-18(26)27-19(3,4)5/h6-9,14,23H,10H2,1-5H3,(H,21,26)(H,24,25). The highest BCUT2D eigenvalue weighted by molar-refractivity contribution is 5.80. The van der Waals surface area contributed by atoms with Crippen molar-refractivity contribution >= 4 is 12.1 Å². The summed E-state index contributed by atoms with van der Waals surface area (Å²) in [4.78, 5) is 27.7. The number of carbonyl (C=O) groups excluding carboxylic acids is 1. The summed E-state index contributed by atoms with van der Waals surface area (Å²) in [5.74, 6) is -0.774. The van der Waals surface area contributed by atoms with E-state index in [0.29, 0.717) is 5.82 Å². The number of alkyl carbamates (subject to hydrolysis) is 1. The molecule has 0 spiro atoms. The predicted octanol–water partition coefficient (Wildman–Crippen LogP) is 2.72. The fraction of sp³-hybridized carbons (Fsp3) is 0.421. The number of rotatable bonds is 5. The minimum absolute atomic E-state index is 0.0208. The van der Waals surface area contributed by atoms with Crippen LogP contribution in [-0.2, 0) is 16.0 Å². The zero-order chi connectivity index (χ0) is 20.4. The minimum atomic E-state index is -1.16. The molecular formula is C19H25N3O5. The average molecular weight is 375 g/mol. The normalized spacial score (nSPS) is 12.5. The first-order chi connectivity index (χ1) is 12.5. The highest BCUT2D eigenvalue weighted by Crippen LogP contribution is 2.26. The van der Waals surface area contributed by atoms with Crippen LogP contribution in [0.15, 0.2) is 24.4 Å². The number of carboxylic acids is 1. The van der Waals surface area contributed by atoms with E-state index in [0.717, 1.165) is 17.0 Å². The van der Waals surface area contributed by atoms with Gasteiger partial charge in [-0.2, -0.15) is 0 Å². The molecule has 8 heteroatoms. The summed E-state index contributed by atoms with van der Waals surface area (Å²) in [6, 6.07) is 3.83. The molecule has 0 fully saturated rings. The quantitative estimate of drug-likeness (QED) is 0.740. The third-order valence-corrected chi connectivity index (χ3v) is 3.93. The van der Waals surface area contributed by atoms with Crippen molar-refractivity contribution in [1.82, 2.24) is 14.9 Å². The van der Waals surface area contributed by atoms with E-state index in [-0.39, 0.29) is 12.2 Å². The van der Waals surface area contributed by atoms with Crippen LogP contribution in [0.2, 0.25) is 0 Å². The maximum Gasteiger partial charge on any atom is 0.408 e. The Bertz CT molecular complexity index is 852. The number of hydrogen-bond acceptors (Lipinski definition) is 5. The summed E-state index contributed by atoms with van der Waals surface area (Å²) >= 11 is 0. The van der Waals surface area contributed by atoms with Crippen LogP contribution in [0.3, 0.4) is 0 Å². The number of amides is 1. The topological polar surface area (TPSA) is 114 Å². The molecule has 1 unspecified atom stereocenters. The molecule has 1 amide bonds. The van der Waals surface area contributed by atoms with Crippen molar-refractivity contribution in [3.8, 4) is 11.6 Å². The van der Waals surface area contributed by atoms with E-state index >= 15 is 0 Å². The second-order valence-electron chi connectivity index (χ2n) is 7.32. The largest absolute Gasteiger partial charge is 0.504 e. The second-order valence-corrected chi connectivity index (χ2v) is 7.32. The maximum absolute atomic E-state index is 11.9. The molecule has 0 aliphatic rings. The summed E-state index contributed by atoms with van der Waals surface area (Å²) < 4.78 is 6.89. The predicted molar refractivity (Wildman–Crippen MR) is 99.2 cm³/mol. The SMILES string of the molecule is Cc1cc(CC(NC(=O)OC(C)(C)C)C(=O)O)c(C)n1-c1ncccc1O. The molecule has 0 aliphatic heterocycles. The molecule has 27 heavy (non-hydrogen) atoms. The second kappa shape index (κ2) is 7.69. The lowest BCUT2D eigenvalue weighted by molar-refractivity contribution is -0.139. The fourth-order valence-electron chi connectivity index (χ4n) is 2.79. The van der Waals surface area contributed by atoms with Crippen LogP contribution in [0.1, 0.15) is 37.7 Å². The monoisotopic (exact) mass is 375 g/mol. The molecule has 2 aromatic heterocycles. The van der Waals surface area contributed by atoms with E-state index in [9.17, 15) is 19.8 Å². The zero-order valence-corrected chi connectivity index (χ0v) is 16.1. The minimum Gasteiger partial charge on any atom is -0.504 e. The lowest BCUT2D eigenvalue weighted by atomic mass is 10.1. The Hall–Kier alpha value is -3.03. The van der Waals surface area contributed by atoms with Crippen molar-refractivity contribution in [1.29, 1.82) is 0 Å². The Kier molecular flexibility index (Phi) is 5.78. The first kappa shape index (κ1) is 20.3. The Morgan fingerprint density at radius 2 is 2.00 bits per heavy atom. The van der Waals surface area contributed by atoms with Gasteiger partial charge >= 0.3 is 12.1 Å². The van der Waals surface area contributed by atoms with Crippen LogP contribution in [0.4, 0.5) is 4.79 Å². The molecule has 3 N–H and O–H groups in total. The first-order valence-corrected chi connectivity index (χ1v) is 8.54. The number of carboxylic acid groups (broad SMARTS) is 1. The number of nitrogens with one attached hydrogen (secondary N) is 1. The van der Waals surface area contributed by atoms with Crippen LogP contribution in [0, 0.1) is 13.8 Å². The summed E-state index contributed by atoms with van der Waals surface area (Å²) in [7, 11) is 0. The fourth-order valence-corrected chi connectivity index (χ4v) is 2.79. The third kappa shape index (κ3) is 4.99. The van der Waals surface area contributed by atoms with Crippen LogP contribution in [-0.4, -0.2) is 43.5 Å². The van der Waals surface area contributed by atoms with E-state index in [1.165, 1.54) is 6.07 Å². The van der Waals surface area contributed by atoms with Gasteiger partial charge in [-0.05, 0) is 58.4 Å². The van der Waals surface area contributed by atoms with E-state index in [2.05, 4.69) is 10.3 Å². The smallest absolute Gasteiger partial charge is 0.408 e. The molecule has 8 nitrogen and oxygen atoms in total. The Labute approximate surface area is 157 Å².